The summed E-state index contributed by atoms with van der Waals surface area (Å²) in [7, 11) is 0. The van der Waals surface area contributed by atoms with Crippen molar-refractivity contribution in [3.8, 4) is 5.75 Å². The van der Waals surface area contributed by atoms with Crippen molar-refractivity contribution < 1.29 is 23.1 Å². The number of benzene rings is 3. The zero-order valence-corrected chi connectivity index (χ0v) is 18.4. The van der Waals surface area contributed by atoms with Crippen LogP contribution in [-0.4, -0.2) is 18.4 Å². The van der Waals surface area contributed by atoms with E-state index in [9.17, 15) is 18.4 Å². The van der Waals surface area contributed by atoms with Crippen molar-refractivity contribution in [3.05, 3.63) is 94.7 Å². The van der Waals surface area contributed by atoms with Gasteiger partial charge in [-0.2, -0.15) is 0 Å². The van der Waals surface area contributed by atoms with E-state index >= 15 is 0 Å². The van der Waals surface area contributed by atoms with Crippen molar-refractivity contribution >= 4 is 28.8 Å². The molecule has 3 aromatic rings. The predicted molar refractivity (Wildman–Crippen MR) is 123 cm³/mol. The minimum absolute atomic E-state index is 0.0141. The molecule has 7 heteroatoms. The van der Waals surface area contributed by atoms with Gasteiger partial charge in [-0.15, -0.1) is 0 Å². The van der Waals surface area contributed by atoms with Crippen LogP contribution in [0.5, 0.6) is 5.75 Å². The lowest BCUT2D eigenvalue weighted by molar-refractivity contribution is -0.120. The van der Waals surface area contributed by atoms with E-state index in [0.717, 1.165) is 29.3 Å². The Morgan fingerprint density at radius 3 is 2.30 bits per heavy atom. The van der Waals surface area contributed by atoms with Crippen LogP contribution in [0.15, 0.2) is 66.4 Å². The second-order valence-corrected chi connectivity index (χ2v) is 7.69. The number of nitrogens with zero attached hydrogens (tertiary/aromatic N) is 1. The number of aryl methyl sites for hydroxylation is 2. The van der Waals surface area contributed by atoms with Crippen molar-refractivity contribution in [3.63, 3.8) is 0 Å². The molecule has 0 atom stereocenters. The molecule has 0 aromatic heterocycles. The lowest BCUT2D eigenvalue weighted by Crippen LogP contribution is -2.33. The average molecular weight is 448 g/mol. The van der Waals surface area contributed by atoms with Gasteiger partial charge in [0, 0.05) is 11.8 Å². The second-order valence-electron chi connectivity index (χ2n) is 7.69. The summed E-state index contributed by atoms with van der Waals surface area (Å²) in [4.78, 5) is 27.5. The second kappa shape index (κ2) is 8.86. The molecule has 0 bridgehead atoms. The van der Waals surface area contributed by atoms with Crippen LogP contribution >= 0.6 is 0 Å². The Balaban J connectivity index is 1.83. The van der Waals surface area contributed by atoms with Gasteiger partial charge < -0.3 is 10.1 Å². The molecule has 0 spiro atoms. The molecular formula is C26H22F2N2O3. The number of hydrogen-bond donors (Lipinski definition) is 1. The molecule has 2 amide bonds. The van der Waals surface area contributed by atoms with Crippen LogP contribution in [0.1, 0.15) is 23.6 Å². The zero-order valence-electron chi connectivity index (χ0n) is 18.4. The molecule has 1 N–H and O–H groups in total. The van der Waals surface area contributed by atoms with Crippen LogP contribution in [0.2, 0.25) is 0 Å². The number of carbonyl (C=O) groups excluding carboxylic acids is 2. The number of halogens is 2. The van der Waals surface area contributed by atoms with E-state index in [2.05, 4.69) is 5.32 Å². The van der Waals surface area contributed by atoms with Crippen molar-refractivity contribution in [2.75, 3.05) is 16.8 Å². The first kappa shape index (κ1) is 22.2. The van der Waals surface area contributed by atoms with E-state index in [4.69, 9.17) is 4.74 Å². The normalized spacial score (nSPS) is 13.7. The van der Waals surface area contributed by atoms with Gasteiger partial charge in [-0.05, 0) is 68.3 Å². The highest BCUT2D eigenvalue weighted by atomic mass is 19.1. The summed E-state index contributed by atoms with van der Waals surface area (Å²) in [5.41, 5.74) is 2.48. The largest absolute Gasteiger partial charge is 0.494 e. The summed E-state index contributed by atoms with van der Waals surface area (Å²) in [6.45, 7) is 6.12. The number of anilines is 2. The Bertz CT molecular complexity index is 1280. The Morgan fingerprint density at radius 2 is 1.64 bits per heavy atom. The van der Waals surface area contributed by atoms with Gasteiger partial charge in [0.05, 0.1) is 17.9 Å². The molecule has 0 unspecified atom stereocenters. The van der Waals surface area contributed by atoms with Crippen LogP contribution in [0, 0.1) is 25.5 Å². The highest BCUT2D eigenvalue weighted by molar-refractivity contribution is 6.46. The maximum Gasteiger partial charge on any atom is 0.282 e. The fraction of sp³-hybridized carbons (Fsp3) is 0.154. The molecule has 33 heavy (non-hydrogen) atoms. The van der Waals surface area contributed by atoms with Gasteiger partial charge >= 0.3 is 0 Å². The fourth-order valence-corrected chi connectivity index (χ4v) is 3.81. The Hall–Kier alpha value is -4.00. The third kappa shape index (κ3) is 4.22. The molecule has 0 aliphatic carbocycles. The number of nitrogens with one attached hydrogen (secondary N) is 1. The van der Waals surface area contributed by atoms with Crippen molar-refractivity contribution in [1.82, 2.24) is 0 Å². The first-order valence-corrected chi connectivity index (χ1v) is 10.5. The summed E-state index contributed by atoms with van der Waals surface area (Å²) in [5, 5.41) is 3.01. The lowest BCUT2D eigenvalue weighted by atomic mass is 9.97. The Labute approximate surface area is 190 Å². The molecule has 0 radical (unpaired) electrons. The number of hydrogen-bond acceptors (Lipinski definition) is 4. The molecule has 0 saturated carbocycles. The molecule has 5 nitrogen and oxygen atoms in total. The topological polar surface area (TPSA) is 58.6 Å². The minimum atomic E-state index is -0.875. The third-order valence-electron chi connectivity index (χ3n) is 5.32. The lowest BCUT2D eigenvalue weighted by Gasteiger charge is -2.16. The van der Waals surface area contributed by atoms with Gasteiger partial charge in [-0.1, -0.05) is 23.8 Å². The van der Waals surface area contributed by atoms with Gasteiger partial charge in [-0.3, -0.25) is 9.59 Å². The van der Waals surface area contributed by atoms with E-state index < -0.39 is 29.1 Å². The Kier molecular flexibility index (Phi) is 5.96. The first-order valence-electron chi connectivity index (χ1n) is 10.5. The zero-order chi connectivity index (χ0) is 23.7. The SMILES string of the molecule is CCOc1ccc(NC2=C(c3ccc(C)cc3C)C(=O)N(c3cc(F)ccc3F)C2=O)cc1. The molecular weight excluding hydrogens is 426 g/mol. The molecule has 0 fully saturated rings. The number of rotatable bonds is 6. The maximum absolute atomic E-state index is 14.5. The molecule has 3 aromatic carbocycles. The third-order valence-corrected chi connectivity index (χ3v) is 5.32. The molecule has 1 aliphatic heterocycles. The standard InChI is InChI=1S/C26H22F2N2O3/c1-4-33-19-9-7-18(8-10-19)29-24-23(20-11-5-15(2)13-16(20)3)25(31)30(26(24)32)22-14-17(27)6-12-21(22)28/h5-14,29H,4H2,1-3H3. The van der Waals surface area contributed by atoms with Gasteiger partial charge in [0.1, 0.15) is 23.1 Å². The van der Waals surface area contributed by atoms with E-state index in [1.165, 1.54) is 0 Å². The van der Waals surface area contributed by atoms with Gasteiger partial charge in [-0.25, -0.2) is 13.7 Å². The van der Waals surface area contributed by atoms with Gasteiger partial charge in [0.15, 0.2) is 0 Å². The van der Waals surface area contributed by atoms with Crippen molar-refractivity contribution in [2.24, 2.45) is 0 Å². The van der Waals surface area contributed by atoms with Gasteiger partial charge in [0.2, 0.25) is 0 Å². The highest BCUT2D eigenvalue weighted by Gasteiger charge is 2.42. The molecule has 0 saturated heterocycles. The number of ether oxygens (including phenoxy) is 1. The average Bonchev–Trinajstić information content (AvgIpc) is 3.01. The molecule has 1 aliphatic rings. The van der Waals surface area contributed by atoms with Crippen LogP contribution in [-0.2, 0) is 9.59 Å². The van der Waals surface area contributed by atoms with E-state index in [1.807, 2.05) is 32.9 Å². The summed E-state index contributed by atoms with van der Waals surface area (Å²) < 4.78 is 33.8. The monoisotopic (exact) mass is 448 g/mol. The van der Waals surface area contributed by atoms with E-state index in [1.54, 1.807) is 30.3 Å². The molecule has 168 valence electrons. The van der Waals surface area contributed by atoms with Crippen molar-refractivity contribution in [2.45, 2.75) is 20.8 Å². The predicted octanol–water partition coefficient (Wildman–Crippen LogP) is 5.38. The molecule has 4 rings (SSSR count). The number of amides is 2. The summed E-state index contributed by atoms with van der Waals surface area (Å²) in [6, 6.07) is 15.0. The fourth-order valence-electron chi connectivity index (χ4n) is 3.81. The maximum atomic E-state index is 14.5. The quantitative estimate of drug-likeness (QED) is 0.515. The van der Waals surface area contributed by atoms with E-state index in [0.29, 0.717) is 28.5 Å². The summed E-state index contributed by atoms with van der Waals surface area (Å²) in [6.07, 6.45) is 0. The van der Waals surface area contributed by atoms with Crippen LogP contribution < -0.4 is 15.0 Å². The molecule has 1 heterocycles. The Morgan fingerprint density at radius 1 is 0.909 bits per heavy atom. The van der Waals surface area contributed by atoms with Crippen LogP contribution in [0.4, 0.5) is 20.2 Å². The van der Waals surface area contributed by atoms with Gasteiger partial charge in [0.25, 0.3) is 11.8 Å². The first-order chi connectivity index (χ1) is 15.8. The summed E-state index contributed by atoms with van der Waals surface area (Å²) in [5.74, 6) is -2.48. The smallest absolute Gasteiger partial charge is 0.282 e. The van der Waals surface area contributed by atoms with Crippen molar-refractivity contribution in [1.29, 1.82) is 0 Å². The van der Waals surface area contributed by atoms with Crippen LogP contribution in [0.25, 0.3) is 5.57 Å². The number of carbonyl (C=O) groups is 2. The minimum Gasteiger partial charge on any atom is -0.494 e. The summed E-state index contributed by atoms with van der Waals surface area (Å²) >= 11 is 0. The number of imide groups is 1. The van der Waals surface area contributed by atoms with E-state index in [-0.39, 0.29) is 11.3 Å². The highest BCUT2D eigenvalue weighted by Crippen LogP contribution is 2.36. The van der Waals surface area contributed by atoms with Crippen LogP contribution in [0.3, 0.4) is 0 Å².